The Morgan fingerprint density at radius 2 is 1.88 bits per heavy atom. The van der Waals surface area contributed by atoms with E-state index >= 15 is 0 Å². The van der Waals surface area contributed by atoms with E-state index < -0.39 is 0 Å². The van der Waals surface area contributed by atoms with Gasteiger partial charge in [0.15, 0.2) is 17.5 Å². The average Bonchev–Trinajstić information content (AvgIpc) is 2.78. The number of nitrogens with zero attached hydrogens (tertiary/aromatic N) is 2. The second-order valence-corrected chi connectivity index (χ2v) is 8.32. The van der Waals surface area contributed by atoms with Crippen molar-refractivity contribution in [3.8, 4) is 11.5 Å². The van der Waals surface area contributed by atoms with E-state index in [1.807, 2.05) is 18.2 Å². The number of nitrogens with one attached hydrogen (secondary N) is 1. The van der Waals surface area contributed by atoms with Gasteiger partial charge < -0.3 is 20.5 Å². The van der Waals surface area contributed by atoms with Gasteiger partial charge in [-0.25, -0.2) is 4.99 Å². The maximum absolute atomic E-state index is 6.12. The maximum Gasteiger partial charge on any atom is 0.188 e. The third-order valence-corrected chi connectivity index (χ3v) is 5.84. The van der Waals surface area contributed by atoms with Crippen LogP contribution in [0.5, 0.6) is 11.5 Å². The fourth-order valence-electron chi connectivity index (χ4n) is 4.13. The highest BCUT2D eigenvalue weighted by Gasteiger charge is 2.17. The molecule has 1 heterocycles. The van der Waals surface area contributed by atoms with Gasteiger partial charge in [0.2, 0.25) is 0 Å². The number of benzene rings is 2. The molecule has 1 unspecified atom stereocenters. The van der Waals surface area contributed by atoms with Crippen LogP contribution in [0.2, 0.25) is 0 Å². The molecule has 1 atom stereocenters. The number of halogens is 1. The molecule has 0 radical (unpaired) electrons. The van der Waals surface area contributed by atoms with Crippen LogP contribution in [-0.4, -0.2) is 44.7 Å². The fourth-order valence-corrected chi connectivity index (χ4v) is 4.13. The minimum Gasteiger partial charge on any atom is -0.493 e. The summed E-state index contributed by atoms with van der Waals surface area (Å²) in [6.07, 6.45) is 3.45. The Labute approximate surface area is 209 Å². The van der Waals surface area contributed by atoms with E-state index in [0.29, 0.717) is 19.0 Å². The first-order valence-corrected chi connectivity index (χ1v) is 11.1. The highest BCUT2D eigenvalue weighted by Crippen LogP contribution is 2.27. The summed E-state index contributed by atoms with van der Waals surface area (Å²) in [6, 6.07) is 14.5. The Balaban J connectivity index is 0.00000363. The molecule has 0 saturated carbocycles. The van der Waals surface area contributed by atoms with Gasteiger partial charge in [-0.2, -0.15) is 0 Å². The zero-order chi connectivity index (χ0) is 22.1. The van der Waals surface area contributed by atoms with Gasteiger partial charge in [-0.3, -0.25) is 4.90 Å². The van der Waals surface area contributed by atoms with Gasteiger partial charge in [-0.15, -0.1) is 24.0 Å². The maximum atomic E-state index is 6.12. The van der Waals surface area contributed by atoms with E-state index in [1.54, 1.807) is 14.2 Å². The van der Waals surface area contributed by atoms with Gasteiger partial charge >= 0.3 is 0 Å². The number of nitrogens with two attached hydrogens (primary N) is 1. The Morgan fingerprint density at radius 1 is 1.12 bits per heavy atom. The minimum absolute atomic E-state index is 0. The molecule has 6 nitrogen and oxygen atoms in total. The zero-order valence-corrected chi connectivity index (χ0v) is 21.8. The number of hydrogen-bond acceptors (Lipinski definition) is 4. The highest BCUT2D eigenvalue weighted by molar-refractivity contribution is 14.0. The Kier molecular flexibility index (Phi) is 11.1. The van der Waals surface area contributed by atoms with Crippen LogP contribution in [0.1, 0.15) is 36.5 Å². The van der Waals surface area contributed by atoms with Crippen LogP contribution in [0.4, 0.5) is 0 Å². The zero-order valence-electron chi connectivity index (χ0n) is 19.5. The lowest BCUT2D eigenvalue weighted by Gasteiger charge is -2.31. The van der Waals surface area contributed by atoms with Crippen LogP contribution in [0, 0.1) is 5.92 Å². The van der Waals surface area contributed by atoms with Crippen molar-refractivity contribution < 1.29 is 9.47 Å². The summed E-state index contributed by atoms with van der Waals surface area (Å²) in [5, 5.41) is 3.22. The SMILES string of the molecule is COc1ccc(CCNC(N)=NCc2ccccc2CN2CCCC(C)C2)cc1OC.I. The van der Waals surface area contributed by atoms with E-state index in [0.717, 1.165) is 35.9 Å². The number of aliphatic imine (C=N–C) groups is 1. The molecule has 0 spiro atoms. The molecule has 32 heavy (non-hydrogen) atoms. The number of rotatable bonds is 9. The van der Waals surface area contributed by atoms with Gasteiger partial charge in [0.25, 0.3) is 0 Å². The van der Waals surface area contributed by atoms with Gasteiger partial charge in [-0.05, 0) is 60.5 Å². The molecular weight excluding hydrogens is 515 g/mol. The Morgan fingerprint density at radius 3 is 2.59 bits per heavy atom. The molecule has 0 amide bonds. The fraction of sp³-hybridized carbons (Fsp3) is 0.480. The van der Waals surface area contributed by atoms with Crippen molar-refractivity contribution >= 4 is 29.9 Å². The van der Waals surface area contributed by atoms with Crippen molar-refractivity contribution in [1.29, 1.82) is 0 Å². The number of likely N-dealkylation sites (tertiary alicyclic amines) is 1. The molecule has 1 saturated heterocycles. The van der Waals surface area contributed by atoms with Crippen molar-refractivity contribution in [2.45, 2.75) is 39.3 Å². The molecule has 1 aliphatic rings. The molecule has 1 aliphatic heterocycles. The first kappa shape index (κ1) is 26.3. The summed E-state index contributed by atoms with van der Waals surface area (Å²) in [5.41, 5.74) is 9.86. The van der Waals surface area contributed by atoms with Gasteiger partial charge in [0.05, 0.1) is 20.8 Å². The summed E-state index contributed by atoms with van der Waals surface area (Å²) < 4.78 is 10.7. The number of methoxy groups -OCH3 is 2. The summed E-state index contributed by atoms with van der Waals surface area (Å²) in [6.45, 7) is 6.99. The van der Waals surface area contributed by atoms with Crippen LogP contribution in [0.3, 0.4) is 0 Å². The number of piperidine rings is 1. The van der Waals surface area contributed by atoms with Crippen molar-refractivity contribution in [2.24, 2.45) is 16.6 Å². The van der Waals surface area contributed by atoms with E-state index in [-0.39, 0.29) is 24.0 Å². The van der Waals surface area contributed by atoms with Crippen LogP contribution in [0.25, 0.3) is 0 Å². The second-order valence-electron chi connectivity index (χ2n) is 8.32. The predicted octanol–water partition coefficient (Wildman–Crippen LogP) is 4.20. The topological polar surface area (TPSA) is 72.1 Å². The summed E-state index contributed by atoms with van der Waals surface area (Å²) in [4.78, 5) is 7.13. The molecular formula is C25H37IN4O2. The first-order valence-electron chi connectivity index (χ1n) is 11.1. The number of ether oxygens (including phenoxy) is 2. The molecule has 3 N–H and O–H groups in total. The van der Waals surface area contributed by atoms with E-state index in [2.05, 4.69) is 46.4 Å². The van der Waals surface area contributed by atoms with Crippen molar-refractivity contribution in [3.63, 3.8) is 0 Å². The Bertz CT molecular complexity index is 875. The number of guanidine groups is 1. The van der Waals surface area contributed by atoms with Crippen molar-refractivity contribution in [2.75, 3.05) is 33.9 Å². The quantitative estimate of drug-likeness (QED) is 0.277. The highest BCUT2D eigenvalue weighted by atomic mass is 127. The number of hydrogen-bond donors (Lipinski definition) is 2. The minimum atomic E-state index is 0. The second kappa shape index (κ2) is 13.5. The van der Waals surface area contributed by atoms with Gasteiger partial charge in [0, 0.05) is 19.6 Å². The molecule has 3 rings (SSSR count). The lowest BCUT2D eigenvalue weighted by atomic mass is 9.99. The molecule has 0 aromatic heterocycles. The molecule has 2 aromatic rings. The molecule has 0 bridgehead atoms. The van der Waals surface area contributed by atoms with Crippen LogP contribution < -0.4 is 20.5 Å². The molecule has 2 aromatic carbocycles. The molecule has 0 aliphatic carbocycles. The standard InChI is InChI=1S/C25H36N4O2.HI/c1-19-7-6-14-29(17-19)18-22-9-5-4-8-21(22)16-28-25(26)27-13-12-20-10-11-23(30-2)24(15-20)31-3;/h4-5,8-11,15,19H,6-7,12-14,16-18H2,1-3H3,(H3,26,27,28);1H. The van der Waals surface area contributed by atoms with E-state index in [4.69, 9.17) is 15.2 Å². The Hall–Kier alpha value is -2.00. The van der Waals surface area contributed by atoms with Crippen LogP contribution >= 0.6 is 24.0 Å². The van der Waals surface area contributed by atoms with Crippen molar-refractivity contribution in [1.82, 2.24) is 10.2 Å². The first-order chi connectivity index (χ1) is 15.1. The molecule has 176 valence electrons. The average molecular weight is 553 g/mol. The monoisotopic (exact) mass is 552 g/mol. The lowest BCUT2D eigenvalue weighted by Crippen LogP contribution is -2.34. The van der Waals surface area contributed by atoms with Gasteiger partial charge in [0.1, 0.15) is 0 Å². The third-order valence-electron chi connectivity index (χ3n) is 5.84. The lowest BCUT2D eigenvalue weighted by molar-refractivity contribution is 0.176. The summed E-state index contributed by atoms with van der Waals surface area (Å²) >= 11 is 0. The van der Waals surface area contributed by atoms with Crippen molar-refractivity contribution in [3.05, 3.63) is 59.2 Å². The normalized spacial score (nSPS) is 16.8. The van der Waals surface area contributed by atoms with Crippen LogP contribution in [-0.2, 0) is 19.5 Å². The summed E-state index contributed by atoms with van der Waals surface area (Å²) in [7, 11) is 3.29. The van der Waals surface area contributed by atoms with Gasteiger partial charge in [-0.1, -0.05) is 37.3 Å². The molecule has 7 heteroatoms. The van der Waals surface area contributed by atoms with Crippen LogP contribution in [0.15, 0.2) is 47.5 Å². The largest absolute Gasteiger partial charge is 0.493 e. The van der Waals surface area contributed by atoms with E-state index in [1.165, 1.54) is 37.1 Å². The van der Waals surface area contributed by atoms with E-state index in [9.17, 15) is 0 Å². The third kappa shape index (κ3) is 7.85. The smallest absolute Gasteiger partial charge is 0.188 e. The molecule has 1 fully saturated rings. The predicted molar refractivity (Wildman–Crippen MR) is 142 cm³/mol. The summed E-state index contributed by atoms with van der Waals surface area (Å²) in [5.74, 6) is 2.73.